The number of carbonyl (C=O) groups excluding carboxylic acids is 1. The van der Waals surface area contributed by atoms with Crippen LogP contribution in [-0.4, -0.2) is 35.7 Å². The van der Waals surface area contributed by atoms with Gasteiger partial charge in [-0.2, -0.15) is 0 Å². The van der Waals surface area contributed by atoms with Crippen molar-refractivity contribution in [2.75, 3.05) is 19.9 Å². The van der Waals surface area contributed by atoms with Gasteiger partial charge in [0.15, 0.2) is 11.5 Å². The molecular formula is C18H20N2O3S. The van der Waals surface area contributed by atoms with Gasteiger partial charge in [0.1, 0.15) is 0 Å². The number of piperidine rings is 1. The lowest BCUT2D eigenvalue weighted by atomic mass is 9.81. The number of benzene rings is 1. The van der Waals surface area contributed by atoms with Crippen LogP contribution in [0.5, 0.6) is 11.5 Å². The lowest BCUT2D eigenvalue weighted by Gasteiger charge is -2.38. The Morgan fingerprint density at radius 2 is 2.00 bits per heavy atom. The van der Waals surface area contributed by atoms with Crippen LogP contribution >= 0.6 is 11.3 Å². The summed E-state index contributed by atoms with van der Waals surface area (Å²) in [5, 5.41) is 1.19. The van der Waals surface area contributed by atoms with Gasteiger partial charge in [-0.05, 0) is 38.0 Å². The van der Waals surface area contributed by atoms with E-state index in [0.717, 1.165) is 25.9 Å². The molecule has 1 amide bonds. The molecule has 0 radical (unpaired) electrons. The molecule has 3 heterocycles. The van der Waals surface area contributed by atoms with Gasteiger partial charge in [0.05, 0.1) is 5.01 Å². The number of aromatic nitrogens is 1. The van der Waals surface area contributed by atoms with Gasteiger partial charge in [-0.15, -0.1) is 11.3 Å². The normalized spacial score (nSPS) is 18.7. The van der Waals surface area contributed by atoms with E-state index in [1.54, 1.807) is 17.4 Å². The van der Waals surface area contributed by atoms with Gasteiger partial charge in [0, 0.05) is 35.1 Å². The van der Waals surface area contributed by atoms with Crippen LogP contribution in [0.3, 0.4) is 0 Å². The number of rotatable bonds is 2. The van der Waals surface area contributed by atoms with Gasteiger partial charge >= 0.3 is 0 Å². The van der Waals surface area contributed by atoms with Crippen molar-refractivity contribution in [3.05, 3.63) is 39.8 Å². The van der Waals surface area contributed by atoms with Crippen molar-refractivity contribution in [1.29, 1.82) is 0 Å². The van der Waals surface area contributed by atoms with Crippen molar-refractivity contribution in [1.82, 2.24) is 9.88 Å². The van der Waals surface area contributed by atoms with Crippen LogP contribution in [0.15, 0.2) is 24.4 Å². The molecule has 0 spiro atoms. The molecular weight excluding hydrogens is 324 g/mol. The number of thiazole rings is 1. The fourth-order valence-electron chi connectivity index (χ4n) is 3.26. The highest BCUT2D eigenvalue weighted by atomic mass is 32.1. The van der Waals surface area contributed by atoms with E-state index >= 15 is 0 Å². The molecule has 126 valence electrons. The Morgan fingerprint density at radius 3 is 2.71 bits per heavy atom. The zero-order valence-electron chi connectivity index (χ0n) is 13.9. The SMILES string of the molecule is Cc1cnc(C2(C)CCN(C(=O)c3ccc4c(c3)OCO4)CC2)s1. The number of likely N-dealkylation sites (tertiary alicyclic amines) is 1. The van der Waals surface area contributed by atoms with Crippen molar-refractivity contribution in [2.45, 2.75) is 32.1 Å². The topological polar surface area (TPSA) is 51.7 Å². The standard InChI is InChI=1S/C18H20N2O3S/c1-12-10-19-17(24-12)18(2)5-7-20(8-6-18)16(21)13-3-4-14-15(9-13)23-11-22-14/h3-4,9-10H,5-8,11H2,1-2H3. The highest BCUT2D eigenvalue weighted by Crippen LogP contribution is 2.38. The number of fused-ring (bicyclic) bond motifs is 1. The maximum Gasteiger partial charge on any atom is 0.253 e. The van der Waals surface area contributed by atoms with Crippen molar-refractivity contribution < 1.29 is 14.3 Å². The number of amides is 1. The maximum absolute atomic E-state index is 12.8. The molecule has 0 bridgehead atoms. The molecule has 1 saturated heterocycles. The monoisotopic (exact) mass is 344 g/mol. The Balaban J connectivity index is 1.46. The highest BCUT2D eigenvalue weighted by Gasteiger charge is 2.36. The molecule has 5 nitrogen and oxygen atoms in total. The summed E-state index contributed by atoms with van der Waals surface area (Å²) in [6, 6.07) is 5.40. The van der Waals surface area contributed by atoms with Gasteiger partial charge in [-0.25, -0.2) is 4.98 Å². The summed E-state index contributed by atoms with van der Waals surface area (Å²) >= 11 is 1.77. The van der Waals surface area contributed by atoms with E-state index in [1.807, 2.05) is 23.2 Å². The minimum Gasteiger partial charge on any atom is -0.454 e. The number of hydrogen-bond donors (Lipinski definition) is 0. The summed E-state index contributed by atoms with van der Waals surface area (Å²) in [4.78, 5) is 20.5. The minimum atomic E-state index is 0.0608. The molecule has 1 fully saturated rings. The van der Waals surface area contributed by atoms with Gasteiger partial charge in [-0.3, -0.25) is 4.79 Å². The largest absolute Gasteiger partial charge is 0.454 e. The fraction of sp³-hybridized carbons (Fsp3) is 0.444. The van der Waals surface area contributed by atoms with Crippen LogP contribution in [0.4, 0.5) is 0 Å². The number of ether oxygens (including phenoxy) is 2. The van der Waals surface area contributed by atoms with Crippen molar-refractivity contribution in [3.8, 4) is 11.5 Å². The summed E-state index contributed by atoms with van der Waals surface area (Å²) in [6.07, 6.45) is 3.82. The molecule has 24 heavy (non-hydrogen) atoms. The first-order valence-electron chi connectivity index (χ1n) is 8.17. The number of aryl methyl sites for hydroxylation is 1. The van der Waals surface area contributed by atoms with Gasteiger partial charge < -0.3 is 14.4 Å². The van der Waals surface area contributed by atoms with Crippen LogP contribution in [0.25, 0.3) is 0 Å². The summed E-state index contributed by atoms with van der Waals surface area (Å²) in [7, 11) is 0. The molecule has 2 aliphatic rings. The Bertz CT molecular complexity index is 778. The lowest BCUT2D eigenvalue weighted by molar-refractivity contribution is 0.0675. The molecule has 4 rings (SSSR count). The molecule has 0 atom stereocenters. The summed E-state index contributed by atoms with van der Waals surface area (Å²) < 4.78 is 10.7. The van der Waals surface area contributed by atoms with Crippen LogP contribution < -0.4 is 9.47 Å². The second-order valence-corrected chi connectivity index (χ2v) is 7.93. The number of hydrogen-bond acceptors (Lipinski definition) is 5. The van der Waals surface area contributed by atoms with E-state index in [4.69, 9.17) is 9.47 Å². The molecule has 1 aromatic carbocycles. The van der Waals surface area contributed by atoms with Gasteiger partial charge in [0.25, 0.3) is 5.91 Å². The van der Waals surface area contributed by atoms with Crippen molar-refractivity contribution >= 4 is 17.2 Å². The van der Waals surface area contributed by atoms with E-state index < -0.39 is 0 Å². The zero-order chi connectivity index (χ0) is 16.7. The molecule has 0 N–H and O–H groups in total. The average molecular weight is 344 g/mol. The van der Waals surface area contributed by atoms with E-state index in [1.165, 1.54) is 9.88 Å². The molecule has 0 aliphatic carbocycles. The number of carbonyl (C=O) groups is 1. The second-order valence-electron chi connectivity index (χ2n) is 6.70. The lowest BCUT2D eigenvalue weighted by Crippen LogP contribution is -2.43. The van der Waals surface area contributed by atoms with Crippen molar-refractivity contribution in [2.24, 2.45) is 0 Å². The summed E-state index contributed by atoms with van der Waals surface area (Å²) in [5.74, 6) is 1.42. The zero-order valence-corrected chi connectivity index (χ0v) is 14.7. The van der Waals surface area contributed by atoms with Crippen molar-refractivity contribution in [3.63, 3.8) is 0 Å². The van der Waals surface area contributed by atoms with Crippen LogP contribution in [-0.2, 0) is 5.41 Å². The predicted molar refractivity (Wildman–Crippen MR) is 91.9 cm³/mol. The van der Waals surface area contributed by atoms with Crippen LogP contribution in [0, 0.1) is 6.92 Å². The predicted octanol–water partition coefficient (Wildman–Crippen LogP) is 3.37. The fourth-order valence-corrected chi connectivity index (χ4v) is 4.23. The first-order chi connectivity index (χ1) is 11.5. The molecule has 0 saturated carbocycles. The first kappa shape index (κ1) is 15.4. The van der Waals surface area contributed by atoms with Gasteiger partial charge in [-0.1, -0.05) is 6.92 Å². The average Bonchev–Trinajstić information content (AvgIpc) is 3.23. The molecule has 2 aliphatic heterocycles. The Hall–Kier alpha value is -2.08. The first-order valence-corrected chi connectivity index (χ1v) is 8.99. The number of nitrogens with zero attached hydrogens (tertiary/aromatic N) is 2. The van der Waals surface area contributed by atoms with E-state index in [9.17, 15) is 4.79 Å². The molecule has 2 aromatic rings. The molecule has 1 aromatic heterocycles. The molecule has 6 heteroatoms. The second kappa shape index (κ2) is 5.77. The quantitative estimate of drug-likeness (QED) is 0.838. The van der Waals surface area contributed by atoms with E-state index in [-0.39, 0.29) is 18.1 Å². The third-order valence-corrected chi connectivity index (χ3v) is 6.13. The Morgan fingerprint density at radius 1 is 1.25 bits per heavy atom. The molecule has 0 unspecified atom stereocenters. The Kier molecular flexibility index (Phi) is 3.72. The summed E-state index contributed by atoms with van der Waals surface area (Å²) in [5.41, 5.74) is 0.734. The third kappa shape index (κ3) is 2.65. The summed E-state index contributed by atoms with van der Waals surface area (Å²) in [6.45, 7) is 6.07. The highest BCUT2D eigenvalue weighted by molar-refractivity contribution is 7.11. The smallest absolute Gasteiger partial charge is 0.253 e. The Labute approximate surface area is 145 Å². The third-order valence-electron chi connectivity index (χ3n) is 4.91. The van der Waals surface area contributed by atoms with E-state index in [0.29, 0.717) is 17.1 Å². The maximum atomic E-state index is 12.8. The minimum absolute atomic E-state index is 0.0608. The van der Waals surface area contributed by atoms with Gasteiger partial charge in [0.2, 0.25) is 6.79 Å². The van der Waals surface area contributed by atoms with Crippen LogP contribution in [0.2, 0.25) is 0 Å². The van der Waals surface area contributed by atoms with Crippen LogP contribution in [0.1, 0.15) is 40.0 Å². The van der Waals surface area contributed by atoms with E-state index in [2.05, 4.69) is 18.8 Å².